The van der Waals surface area contributed by atoms with Crippen LogP contribution in [0.3, 0.4) is 0 Å². The monoisotopic (exact) mass is 526 g/mol. The standard InChI is InChI=1S/C18H15ClN6O5S3/c19-15-13(23-17(20)32-15)18(24-9(26)6-22-30)14(31-7-8-1-3-21-4-2-8)12(16(28)29)25-10(27)5-11(25)33-18/h1-4,6,11,30H,5,7H2,(H2,20,23)(H,24,26)(H,28,29)/b22-6-/t11-,18?/m1/s1. The number of anilines is 1. The van der Waals surface area contributed by atoms with Crippen LogP contribution in [-0.4, -0.2) is 54.6 Å². The summed E-state index contributed by atoms with van der Waals surface area (Å²) in [7, 11) is 0. The Morgan fingerprint density at radius 2 is 2.18 bits per heavy atom. The highest BCUT2D eigenvalue weighted by Gasteiger charge is 2.58. The van der Waals surface area contributed by atoms with Gasteiger partial charge in [-0.1, -0.05) is 39.9 Å². The topological polar surface area (TPSA) is 171 Å². The molecule has 0 bridgehead atoms. The number of oxime groups is 1. The number of nitrogens with two attached hydrogens (primary N) is 1. The van der Waals surface area contributed by atoms with Crippen molar-refractivity contribution in [3.05, 3.63) is 50.7 Å². The van der Waals surface area contributed by atoms with Crippen molar-refractivity contribution in [3.8, 4) is 0 Å². The number of carboxylic acid groups (broad SMARTS) is 1. The van der Waals surface area contributed by atoms with Gasteiger partial charge in [0, 0.05) is 18.1 Å². The van der Waals surface area contributed by atoms with E-state index >= 15 is 0 Å². The van der Waals surface area contributed by atoms with Crippen molar-refractivity contribution >= 4 is 75.6 Å². The average Bonchev–Trinajstić information content (AvgIpc) is 3.11. The lowest BCUT2D eigenvalue weighted by Gasteiger charge is -2.51. The number of nitrogens with zero attached hydrogens (tertiary/aromatic N) is 4. The molecule has 2 aromatic heterocycles. The molecule has 4 rings (SSSR count). The first-order chi connectivity index (χ1) is 15.8. The highest BCUT2D eigenvalue weighted by molar-refractivity contribution is 8.06. The number of hydrogen-bond acceptors (Lipinski definition) is 11. The van der Waals surface area contributed by atoms with Gasteiger partial charge in [0.25, 0.3) is 5.91 Å². The van der Waals surface area contributed by atoms with Crippen LogP contribution in [0.5, 0.6) is 0 Å². The number of amides is 2. The number of halogens is 1. The van der Waals surface area contributed by atoms with E-state index < -0.39 is 22.1 Å². The number of carbonyl (C=O) groups is 3. The number of carboxylic acids is 1. The minimum atomic E-state index is -1.60. The number of thiazole rings is 1. The number of pyridine rings is 1. The molecule has 2 aliphatic heterocycles. The van der Waals surface area contributed by atoms with E-state index in [2.05, 4.69) is 20.4 Å². The van der Waals surface area contributed by atoms with Crippen molar-refractivity contribution in [2.45, 2.75) is 22.4 Å². The lowest BCUT2D eigenvalue weighted by atomic mass is 10.1. The molecule has 0 radical (unpaired) electrons. The number of β-lactam (4-membered cyclic amide) rings is 1. The molecule has 4 heterocycles. The molecule has 2 atom stereocenters. The van der Waals surface area contributed by atoms with E-state index in [4.69, 9.17) is 22.5 Å². The molecule has 0 spiro atoms. The zero-order valence-electron chi connectivity index (χ0n) is 16.5. The first-order valence-corrected chi connectivity index (χ1v) is 12.2. The van der Waals surface area contributed by atoms with Gasteiger partial charge in [0.1, 0.15) is 21.9 Å². The fraction of sp³-hybridized carbons (Fsp3) is 0.222. The van der Waals surface area contributed by atoms with Crippen molar-refractivity contribution in [3.63, 3.8) is 0 Å². The molecule has 172 valence electrons. The maximum atomic E-state index is 12.6. The number of thioether (sulfide) groups is 2. The molecule has 0 aliphatic carbocycles. The number of fused-ring (bicyclic) bond motifs is 1. The van der Waals surface area contributed by atoms with E-state index in [1.807, 2.05) is 0 Å². The Morgan fingerprint density at radius 3 is 2.76 bits per heavy atom. The van der Waals surface area contributed by atoms with Gasteiger partial charge in [-0.05, 0) is 17.7 Å². The van der Waals surface area contributed by atoms with Crippen LogP contribution in [0.25, 0.3) is 0 Å². The molecule has 0 saturated carbocycles. The molecular formula is C18H15ClN6O5S3. The Bertz CT molecular complexity index is 1190. The van der Waals surface area contributed by atoms with Gasteiger partial charge >= 0.3 is 5.97 Å². The summed E-state index contributed by atoms with van der Waals surface area (Å²) in [6.07, 6.45) is 3.89. The Balaban J connectivity index is 1.93. The van der Waals surface area contributed by atoms with Crippen LogP contribution in [-0.2, 0) is 25.0 Å². The third-order valence-electron chi connectivity index (χ3n) is 4.74. The molecular weight excluding hydrogens is 512 g/mol. The van der Waals surface area contributed by atoms with E-state index in [0.717, 1.165) is 40.4 Å². The molecule has 2 aliphatic rings. The largest absolute Gasteiger partial charge is 0.477 e. The second-order valence-corrected chi connectivity index (χ2v) is 10.8. The van der Waals surface area contributed by atoms with E-state index in [1.165, 1.54) is 4.90 Å². The van der Waals surface area contributed by atoms with Crippen molar-refractivity contribution < 1.29 is 24.7 Å². The lowest BCUT2D eigenvalue weighted by Crippen LogP contribution is -2.60. The molecule has 2 aromatic rings. The number of aromatic nitrogens is 2. The first kappa shape index (κ1) is 23.4. The van der Waals surface area contributed by atoms with Crippen molar-refractivity contribution in [1.82, 2.24) is 20.2 Å². The number of rotatable bonds is 7. The van der Waals surface area contributed by atoms with Crippen LogP contribution in [0.15, 0.2) is 40.3 Å². The van der Waals surface area contributed by atoms with Gasteiger partial charge in [-0.25, -0.2) is 9.78 Å². The zero-order valence-corrected chi connectivity index (χ0v) is 19.7. The van der Waals surface area contributed by atoms with Gasteiger partial charge < -0.3 is 21.4 Å². The van der Waals surface area contributed by atoms with Crippen molar-refractivity contribution in [2.24, 2.45) is 5.16 Å². The van der Waals surface area contributed by atoms with Gasteiger partial charge in [0.05, 0.1) is 16.7 Å². The molecule has 15 heteroatoms. The number of carbonyl (C=O) groups excluding carboxylic acids is 2. The summed E-state index contributed by atoms with van der Waals surface area (Å²) >= 11 is 9.61. The van der Waals surface area contributed by atoms with Crippen LogP contribution in [0, 0.1) is 0 Å². The second-order valence-electron chi connectivity index (χ2n) is 6.76. The van der Waals surface area contributed by atoms with Gasteiger partial charge in [0.15, 0.2) is 10.0 Å². The Labute approximate surface area is 204 Å². The van der Waals surface area contributed by atoms with Crippen LogP contribution in [0.2, 0.25) is 4.34 Å². The Hall–Kier alpha value is -2.81. The number of aliphatic carboxylic acids is 1. The van der Waals surface area contributed by atoms with Crippen LogP contribution < -0.4 is 11.1 Å². The molecule has 1 saturated heterocycles. The highest BCUT2D eigenvalue weighted by Crippen LogP contribution is 2.58. The summed E-state index contributed by atoms with van der Waals surface area (Å²) in [5.41, 5.74) is 6.54. The summed E-state index contributed by atoms with van der Waals surface area (Å²) in [6, 6.07) is 3.52. The smallest absolute Gasteiger partial charge is 0.353 e. The van der Waals surface area contributed by atoms with E-state index in [9.17, 15) is 19.5 Å². The molecule has 1 fully saturated rings. The summed E-state index contributed by atoms with van der Waals surface area (Å²) in [5, 5.41) is 23.9. The Morgan fingerprint density at radius 1 is 1.45 bits per heavy atom. The van der Waals surface area contributed by atoms with Gasteiger partial charge in [-0.15, -0.1) is 11.8 Å². The first-order valence-electron chi connectivity index (χ1n) is 9.18. The predicted molar refractivity (Wildman–Crippen MR) is 125 cm³/mol. The Kier molecular flexibility index (Phi) is 6.52. The van der Waals surface area contributed by atoms with Crippen molar-refractivity contribution in [2.75, 3.05) is 5.73 Å². The maximum Gasteiger partial charge on any atom is 0.353 e. The van der Waals surface area contributed by atoms with Gasteiger partial charge in [0.2, 0.25) is 5.91 Å². The quantitative estimate of drug-likeness (QED) is 0.181. The van der Waals surface area contributed by atoms with Crippen LogP contribution in [0.1, 0.15) is 17.7 Å². The van der Waals surface area contributed by atoms with Gasteiger partial charge in [-0.2, -0.15) is 0 Å². The summed E-state index contributed by atoms with van der Waals surface area (Å²) in [5.74, 6) is -2.23. The highest BCUT2D eigenvalue weighted by atomic mass is 35.5. The van der Waals surface area contributed by atoms with Crippen LogP contribution >= 0.6 is 46.5 Å². The third kappa shape index (κ3) is 4.26. The average molecular weight is 527 g/mol. The van der Waals surface area contributed by atoms with Gasteiger partial charge in [-0.3, -0.25) is 19.5 Å². The third-order valence-corrected chi connectivity index (χ3v) is 8.72. The summed E-state index contributed by atoms with van der Waals surface area (Å²) in [6.45, 7) is 0. The lowest BCUT2D eigenvalue weighted by molar-refractivity contribution is -0.146. The predicted octanol–water partition coefficient (Wildman–Crippen LogP) is 2.04. The SMILES string of the molecule is Nc1nc(C2(NC(=O)/C=N\O)S[C@@H]3CC(=O)N3C(C(=O)O)=C2SCc2ccncc2)c(Cl)s1. The zero-order chi connectivity index (χ0) is 23.8. The second kappa shape index (κ2) is 9.21. The fourth-order valence-corrected chi connectivity index (χ4v) is 7.63. The fourth-order valence-electron chi connectivity index (χ4n) is 3.39. The molecule has 0 aromatic carbocycles. The van der Waals surface area contributed by atoms with Crippen LogP contribution in [0.4, 0.5) is 5.13 Å². The van der Waals surface area contributed by atoms with E-state index in [-0.39, 0.29) is 38.1 Å². The molecule has 11 nitrogen and oxygen atoms in total. The minimum absolute atomic E-state index is 0.0622. The number of hydrogen-bond donors (Lipinski definition) is 4. The van der Waals surface area contributed by atoms with Crippen molar-refractivity contribution in [1.29, 1.82) is 0 Å². The molecule has 1 unspecified atom stereocenters. The summed E-state index contributed by atoms with van der Waals surface area (Å²) < 4.78 is 0.145. The molecule has 5 N–H and O–H groups in total. The normalized spacial score (nSPS) is 22.3. The number of nitrogen functional groups attached to an aromatic ring is 1. The van der Waals surface area contributed by atoms with E-state index in [0.29, 0.717) is 12.0 Å². The summed E-state index contributed by atoms with van der Waals surface area (Å²) in [4.78, 5) is 45.3. The number of nitrogens with one attached hydrogen (secondary N) is 1. The molecule has 2 amide bonds. The molecule has 33 heavy (non-hydrogen) atoms. The van der Waals surface area contributed by atoms with E-state index in [1.54, 1.807) is 24.5 Å². The minimum Gasteiger partial charge on any atom is -0.477 e. The maximum absolute atomic E-state index is 12.6.